The third kappa shape index (κ3) is 3.04. The zero-order valence-electron chi connectivity index (χ0n) is 8.98. The van der Waals surface area contributed by atoms with Crippen LogP contribution in [0.15, 0.2) is 35.2 Å². The molecule has 0 saturated heterocycles. The number of halogens is 1. The predicted molar refractivity (Wildman–Crippen MR) is 68.8 cm³/mol. The summed E-state index contributed by atoms with van der Waals surface area (Å²) in [5, 5.41) is 6.27. The lowest BCUT2D eigenvalue weighted by atomic mass is 10.2. The Kier molecular flexibility index (Phi) is 3.93. The molecule has 0 fully saturated rings. The molecule has 2 aromatic rings. The molecule has 0 saturated carbocycles. The summed E-state index contributed by atoms with van der Waals surface area (Å²) in [7, 11) is 0. The van der Waals surface area contributed by atoms with Gasteiger partial charge >= 0.3 is 0 Å². The van der Waals surface area contributed by atoms with Crippen molar-refractivity contribution in [2.75, 3.05) is 0 Å². The van der Waals surface area contributed by atoms with Crippen molar-refractivity contribution in [1.82, 2.24) is 10.3 Å². The summed E-state index contributed by atoms with van der Waals surface area (Å²) >= 11 is 7.45. The average molecular weight is 253 g/mol. The minimum absolute atomic E-state index is 0.280. The molecular formula is C12H13ClN2S. The van der Waals surface area contributed by atoms with Crippen LogP contribution in [0.3, 0.4) is 0 Å². The normalized spacial score (nSPS) is 12.6. The Bertz CT molecular complexity index is 425. The molecule has 0 spiro atoms. The number of nitrogens with one attached hydrogen (secondary N) is 1. The Labute approximate surface area is 104 Å². The molecule has 1 aromatic heterocycles. The monoisotopic (exact) mass is 252 g/mol. The van der Waals surface area contributed by atoms with Crippen LogP contribution >= 0.6 is 22.9 Å². The van der Waals surface area contributed by atoms with Crippen molar-refractivity contribution in [3.05, 3.63) is 51.4 Å². The van der Waals surface area contributed by atoms with Gasteiger partial charge in [0.1, 0.15) is 0 Å². The second-order valence-corrected chi connectivity index (χ2v) is 4.80. The van der Waals surface area contributed by atoms with Crippen LogP contribution in [-0.2, 0) is 6.54 Å². The molecule has 4 heteroatoms. The maximum atomic E-state index is 5.83. The highest BCUT2D eigenvalue weighted by atomic mass is 35.5. The second kappa shape index (κ2) is 5.43. The van der Waals surface area contributed by atoms with E-state index in [2.05, 4.69) is 22.6 Å². The lowest BCUT2D eigenvalue weighted by Gasteiger charge is -2.11. The number of benzene rings is 1. The average Bonchev–Trinajstić information content (AvgIpc) is 2.81. The quantitative estimate of drug-likeness (QED) is 0.899. The molecule has 16 heavy (non-hydrogen) atoms. The van der Waals surface area contributed by atoms with Gasteiger partial charge in [-0.3, -0.25) is 0 Å². The molecular weight excluding hydrogens is 240 g/mol. The molecule has 0 aliphatic carbocycles. The third-order valence-electron chi connectivity index (χ3n) is 2.42. The number of rotatable bonds is 4. The van der Waals surface area contributed by atoms with Crippen molar-refractivity contribution in [2.24, 2.45) is 0 Å². The molecule has 1 unspecified atom stereocenters. The molecule has 2 nitrogen and oxygen atoms in total. The van der Waals surface area contributed by atoms with Crippen LogP contribution in [0, 0.1) is 0 Å². The van der Waals surface area contributed by atoms with Crippen molar-refractivity contribution in [1.29, 1.82) is 0 Å². The van der Waals surface area contributed by atoms with Gasteiger partial charge < -0.3 is 5.32 Å². The molecule has 1 N–H and O–H groups in total. The fraction of sp³-hybridized carbons (Fsp3) is 0.250. The van der Waals surface area contributed by atoms with E-state index in [-0.39, 0.29) is 6.04 Å². The van der Waals surface area contributed by atoms with Gasteiger partial charge in [0, 0.05) is 23.0 Å². The van der Waals surface area contributed by atoms with E-state index in [0.29, 0.717) is 0 Å². The van der Waals surface area contributed by atoms with E-state index >= 15 is 0 Å². The molecule has 0 radical (unpaired) electrons. The minimum Gasteiger partial charge on any atom is -0.305 e. The lowest BCUT2D eigenvalue weighted by Crippen LogP contribution is -2.18. The van der Waals surface area contributed by atoms with E-state index in [0.717, 1.165) is 17.3 Å². The highest BCUT2D eigenvalue weighted by Crippen LogP contribution is 2.14. The Balaban J connectivity index is 1.90. The van der Waals surface area contributed by atoms with E-state index in [1.54, 1.807) is 11.3 Å². The first-order valence-electron chi connectivity index (χ1n) is 5.11. The van der Waals surface area contributed by atoms with Crippen LogP contribution in [0.1, 0.15) is 24.2 Å². The summed E-state index contributed by atoms with van der Waals surface area (Å²) < 4.78 is 0. The fourth-order valence-electron chi connectivity index (χ4n) is 1.41. The molecule has 0 bridgehead atoms. The molecule has 0 amide bonds. The van der Waals surface area contributed by atoms with Crippen molar-refractivity contribution in [3.63, 3.8) is 0 Å². The zero-order chi connectivity index (χ0) is 11.4. The van der Waals surface area contributed by atoms with Gasteiger partial charge in [0.2, 0.25) is 0 Å². The number of nitrogens with zero attached hydrogens (tertiary/aromatic N) is 1. The Morgan fingerprint density at radius 2 is 2.12 bits per heavy atom. The lowest BCUT2D eigenvalue weighted by molar-refractivity contribution is 0.564. The Morgan fingerprint density at radius 3 is 2.75 bits per heavy atom. The van der Waals surface area contributed by atoms with Gasteiger partial charge in [-0.25, -0.2) is 4.98 Å². The van der Waals surface area contributed by atoms with Crippen LogP contribution in [-0.4, -0.2) is 4.98 Å². The van der Waals surface area contributed by atoms with E-state index in [4.69, 9.17) is 11.6 Å². The number of thiazole rings is 1. The van der Waals surface area contributed by atoms with Crippen molar-refractivity contribution in [3.8, 4) is 0 Å². The summed E-state index contributed by atoms with van der Waals surface area (Å²) in [5.74, 6) is 0. The Hall–Kier alpha value is -0.900. The molecule has 1 heterocycles. The van der Waals surface area contributed by atoms with Crippen LogP contribution in [0.25, 0.3) is 0 Å². The van der Waals surface area contributed by atoms with E-state index in [1.807, 2.05) is 29.8 Å². The standard InChI is InChI=1S/C12H13ClN2S/c1-9(12-7-16-8-15-12)14-6-10-2-4-11(13)5-3-10/h2-5,7-9,14H,6H2,1H3. The highest BCUT2D eigenvalue weighted by Gasteiger charge is 2.05. The zero-order valence-corrected chi connectivity index (χ0v) is 10.6. The smallest absolute Gasteiger partial charge is 0.0795 e. The van der Waals surface area contributed by atoms with Gasteiger partial charge in [-0.2, -0.15) is 0 Å². The topological polar surface area (TPSA) is 24.9 Å². The number of hydrogen-bond acceptors (Lipinski definition) is 3. The third-order valence-corrected chi connectivity index (χ3v) is 3.28. The van der Waals surface area contributed by atoms with E-state index < -0.39 is 0 Å². The first-order valence-corrected chi connectivity index (χ1v) is 6.43. The minimum atomic E-state index is 0.280. The van der Waals surface area contributed by atoms with E-state index in [9.17, 15) is 0 Å². The number of aromatic nitrogens is 1. The van der Waals surface area contributed by atoms with Gasteiger partial charge in [-0.15, -0.1) is 11.3 Å². The Morgan fingerprint density at radius 1 is 1.38 bits per heavy atom. The SMILES string of the molecule is CC(NCc1ccc(Cl)cc1)c1cscn1. The van der Waals surface area contributed by atoms with Crippen LogP contribution in [0.2, 0.25) is 5.02 Å². The molecule has 1 aromatic carbocycles. The summed E-state index contributed by atoms with van der Waals surface area (Å²) in [4.78, 5) is 4.28. The van der Waals surface area contributed by atoms with E-state index in [1.165, 1.54) is 5.56 Å². The first kappa shape index (κ1) is 11.6. The maximum Gasteiger partial charge on any atom is 0.0795 e. The predicted octanol–water partition coefficient (Wildman–Crippen LogP) is 3.65. The molecule has 0 aliphatic rings. The van der Waals surface area contributed by atoms with Gasteiger partial charge in [-0.05, 0) is 24.6 Å². The summed E-state index contributed by atoms with van der Waals surface area (Å²) in [6, 6.07) is 8.16. The summed E-state index contributed by atoms with van der Waals surface area (Å²) in [6.45, 7) is 2.95. The van der Waals surface area contributed by atoms with Gasteiger partial charge in [0.25, 0.3) is 0 Å². The summed E-state index contributed by atoms with van der Waals surface area (Å²) in [6.07, 6.45) is 0. The maximum absolute atomic E-state index is 5.83. The molecule has 2 rings (SSSR count). The van der Waals surface area contributed by atoms with Gasteiger partial charge in [-0.1, -0.05) is 23.7 Å². The molecule has 1 atom stereocenters. The fourth-order valence-corrected chi connectivity index (χ4v) is 2.19. The van der Waals surface area contributed by atoms with Crippen LogP contribution in [0.4, 0.5) is 0 Å². The largest absolute Gasteiger partial charge is 0.305 e. The first-order chi connectivity index (χ1) is 7.75. The highest BCUT2D eigenvalue weighted by molar-refractivity contribution is 7.07. The molecule has 0 aliphatic heterocycles. The van der Waals surface area contributed by atoms with Crippen LogP contribution < -0.4 is 5.32 Å². The van der Waals surface area contributed by atoms with Gasteiger partial charge in [0.15, 0.2) is 0 Å². The molecule has 84 valence electrons. The van der Waals surface area contributed by atoms with Crippen molar-refractivity contribution in [2.45, 2.75) is 19.5 Å². The van der Waals surface area contributed by atoms with Crippen LogP contribution in [0.5, 0.6) is 0 Å². The van der Waals surface area contributed by atoms with Crippen molar-refractivity contribution < 1.29 is 0 Å². The number of hydrogen-bond donors (Lipinski definition) is 1. The van der Waals surface area contributed by atoms with Crippen molar-refractivity contribution >= 4 is 22.9 Å². The second-order valence-electron chi connectivity index (χ2n) is 3.64. The van der Waals surface area contributed by atoms with Gasteiger partial charge in [0.05, 0.1) is 11.2 Å². The summed E-state index contributed by atoms with van der Waals surface area (Å²) in [5.41, 5.74) is 4.18.